The number of ether oxygens (including phenoxy) is 1. The van der Waals surface area contributed by atoms with Crippen LogP contribution in [0.1, 0.15) is 13.8 Å². The number of hydrogen-bond acceptors (Lipinski definition) is 4. The van der Waals surface area contributed by atoms with Gasteiger partial charge >= 0.3 is 0 Å². The molecule has 1 fully saturated rings. The Morgan fingerprint density at radius 2 is 1.87 bits per heavy atom. The summed E-state index contributed by atoms with van der Waals surface area (Å²) in [6.45, 7) is 7.49. The molecule has 0 N–H and O–H groups in total. The van der Waals surface area contributed by atoms with E-state index in [0.29, 0.717) is 6.61 Å². The van der Waals surface area contributed by atoms with Crippen LogP contribution >= 0.6 is 12.8 Å². The summed E-state index contributed by atoms with van der Waals surface area (Å²) < 4.78 is 7.00. The fourth-order valence-corrected chi connectivity index (χ4v) is 1.93. The quantitative estimate of drug-likeness (QED) is 0.725. The lowest BCUT2D eigenvalue weighted by molar-refractivity contribution is -0.144. The zero-order valence-corrected chi connectivity index (χ0v) is 10.6. The van der Waals surface area contributed by atoms with Gasteiger partial charge < -0.3 is 9.64 Å². The monoisotopic (exact) mass is 232 g/mol. The van der Waals surface area contributed by atoms with Crippen LogP contribution in [0.2, 0.25) is 0 Å². The number of amides is 1. The lowest BCUT2D eigenvalue weighted by atomic mass is 9.92. The Hall–Kier alpha value is -0.260. The number of carbonyl (C=O) groups excluding carboxylic acids is 1. The molecule has 15 heavy (non-hydrogen) atoms. The first-order chi connectivity index (χ1) is 6.97. The van der Waals surface area contributed by atoms with Crippen LogP contribution in [0.15, 0.2) is 0 Å². The van der Waals surface area contributed by atoms with Gasteiger partial charge in [0.1, 0.15) is 0 Å². The van der Waals surface area contributed by atoms with E-state index in [1.165, 1.54) is 0 Å². The molecule has 1 aliphatic rings. The highest BCUT2D eigenvalue weighted by molar-refractivity contribution is 7.77. The first-order valence-corrected chi connectivity index (χ1v) is 5.59. The van der Waals surface area contributed by atoms with E-state index in [0.717, 1.165) is 26.2 Å². The van der Waals surface area contributed by atoms with Gasteiger partial charge in [-0.15, -0.1) is 0 Å². The van der Waals surface area contributed by atoms with Crippen LogP contribution < -0.4 is 0 Å². The second kappa shape index (κ2) is 5.18. The van der Waals surface area contributed by atoms with E-state index in [2.05, 4.69) is 12.8 Å². The van der Waals surface area contributed by atoms with E-state index in [1.54, 1.807) is 7.11 Å². The molecule has 0 aliphatic carbocycles. The Bertz CT molecular complexity index is 225. The highest BCUT2D eigenvalue weighted by Gasteiger charge is 2.33. The van der Waals surface area contributed by atoms with Crippen LogP contribution in [0.5, 0.6) is 0 Å². The minimum Gasteiger partial charge on any atom is -0.384 e. The average molecular weight is 232 g/mol. The molecule has 4 nitrogen and oxygen atoms in total. The summed E-state index contributed by atoms with van der Waals surface area (Å²) in [7, 11) is 1.63. The molecule has 0 atom stereocenters. The molecule has 5 heteroatoms. The van der Waals surface area contributed by atoms with Crippen molar-refractivity contribution in [3.8, 4) is 0 Å². The average Bonchev–Trinajstić information content (AvgIpc) is 2.18. The molecule has 0 radical (unpaired) electrons. The third-order valence-electron chi connectivity index (χ3n) is 2.63. The Morgan fingerprint density at radius 1 is 1.33 bits per heavy atom. The summed E-state index contributed by atoms with van der Waals surface area (Å²) >= 11 is 4.25. The van der Waals surface area contributed by atoms with Crippen LogP contribution in [0.4, 0.5) is 0 Å². The molecule has 0 aromatic rings. The Kier molecular flexibility index (Phi) is 4.43. The van der Waals surface area contributed by atoms with Gasteiger partial charge in [-0.3, -0.25) is 4.79 Å². The molecule has 0 spiro atoms. The molecule has 1 heterocycles. The van der Waals surface area contributed by atoms with Crippen molar-refractivity contribution in [1.82, 2.24) is 9.21 Å². The van der Waals surface area contributed by atoms with Crippen LogP contribution in [0.25, 0.3) is 0 Å². The summed E-state index contributed by atoms with van der Waals surface area (Å²) in [6.07, 6.45) is 0. The minimum absolute atomic E-state index is 0.172. The SMILES string of the molecule is COCC(C)(C)C(=O)N1CCN(S)CC1. The Balaban J connectivity index is 2.53. The molecule has 88 valence electrons. The van der Waals surface area contributed by atoms with Crippen molar-refractivity contribution in [1.29, 1.82) is 0 Å². The topological polar surface area (TPSA) is 32.8 Å². The Labute approximate surface area is 97.1 Å². The van der Waals surface area contributed by atoms with E-state index < -0.39 is 5.41 Å². The van der Waals surface area contributed by atoms with Crippen molar-refractivity contribution >= 4 is 18.7 Å². The van der Waals surface area contributed by atoms with Crippen LogP contribution in [0.3, 0.4) is 0 Å². The van der Waals surface area contributed by atoms with Crippen molar-refractivity contribution in [3.05, 3.63) is 0 Å². The fraction of sp³-hybridized carbons (Fsp3) is 0.900. The molecule has 1 amide bonds. The maximum atomic E-state index is 12.1. The molecule has 1 rings (SSSR count). The molecule has 0 saturated carbocycles. The Morgan fingerprint density at radius 3 is 2.33 bits per heavy atom. The van der Waals surface area contributed by atoms with Gasteiger partial charge in [-0.05, 0) is 13.8 Å². The van der Waals surface area contributed by atoms with E-state index in [4.69, 9.17) is 4.74 Å². The second-order valence-electron chi connectivity index (χ2n) is 4.56. The zero-order valence-electron chi connectivity index (χ0n) is 9.69. The van der Waals surface area contributed by atoms with Gasteiger partial charge in [0.15, 0.2) is 0 Å². The molecule has 0 aromatic carbocycles. The van der Waals surface area contributed by atoms with Crippen LogP contribution in [-0.2, 0) is 9.53 Å². The van der Waals surface area contributed by atoms with Crippen LogP contribution in [0, 0.1) is 5.41 Å². The van der Waals surface area contributed by atoms with Gasteiger partial charge in [0.2, 0.25) is 5.91 Å². The lowest BCUT2D eigenvalue weighted by Crippen LogP contribution is -2.50. The largest absolute Gasteiger partial charge is 0.384 e. The predicted molar refractivity (Wildman–Crippen MR) is 62.8 cm³/mol. The molecule has 1 aliphatic heterocycles. The molecular formula is C10H20N2O2S. The molecule has 1 saturated heterocycles. The number of piperazine rings is 1. The van der Waals surface area contributed by atoms with Gasteiger partial charge in [0, 0.05) is 33.3 Å². The van der Waals surface area contributed by atoms with Crippen molar-refractivity contribution in [2.24, 2.45) is 5.41 Å². The normalized spacial score (nSPS) is 19.3. The molecule has 0 bridgehead atoms. The van der Waals surface area contributed by atoms with Crippen LogP contribution in [-0.4, -0.2) is 55.0 Å². The first kappa shape index (κ1) is 12.8. The van der Waals surface area contributed by atoms with E-state index in [-0.39, 0.29) is 5.91 Å². The summed E-state index contributed by atoms with van der Waals surface area (Å²) in [6, 6.07) is 0. The van der Waals surface area contributed by atoms with E-state index in [1.807, 2.05) is 23.1 Å². The van der Waals surface area contributed by atoms with E-state index in [9.17, 15) is 4.79 Å². The highest BCUT2D eigenvalue weighted by atomic mass is 32.1. The minimum atomic E-state index is -0.423. The third-order valence-corrected chi connectivity index (χ3v) is 3.03. The molecule has 0 unspecified atom stereocenters. The van der Waals surface area contributed by atoms with Crippen molar-refractivity contribution in [2.75, 3.05) is 39.9 Å². The second-order valence-corrected chi connectivity index (χ2v) is 5.13. The van der Waals surface area contributed by atoms with Gasteiger partial charge in [0.25, 0.3) is 0 Å². The smallest absolute Gasteiger partial charge is 0.230 e. The van der Waals surface area contributed by atoms with Crippen molar-refractivity contribution in [3.63, 3.8) is 0 Å². The lowest BCUT2D eigenvalue weighted by Gasteiger charge is -2.36. The van der Waals surface area contributed by atoms with E-state index >= 15 is 0 Å². The van der Waals surface area contributed by atoms with Crippen molar-refractivity contribution in [2.45, 2.75) is 13.8 Å². The highest BCUT2D eigenvalue weighted by Crippen LogP contribution is 2.20. The first-order valence-electron chi connectivity index (χ1n) is 5.19. The molecule has 0 aromatic heterocycles. The summed E-state index contributed by atoms with van der Waals surface area (Å²) in [5, 5.41) is 0. The molecular weight excluding hydrogens is 212 g/mol. The summed E-state index contributed by atoms with van der Waals surface area (Å²) in [4.78, 5) is 14.0. The van der Waals surface area contributed by atoms with Gasteiger partial charge in [-0.2, -0.15) is 0 Å². The number of carbonyl (C=O) groups is 1. The van der Waals surface area contributed by atoms with Crippen molar-refractivity contribution < 1.29 is 9.53 Å². The van der Waals surface area contributed by atoms with Gasteiger partial charge in [-0.25, -0.2) is 4.31 Å². The predicted octanol–water partition coefficient (Wildman–Crippen LogP) is 0.648. The third kappa shape index (κ3) is 3.36. The number of hydrogen-bond donors (Lipinski definition) is 1. The standard InChI is InChI=1S/C10H20N2O2S/c1-10(2,8-14-3)9(13)11-4-6-12(15)7-5-11/h15H,4-8H2,1-3H3. The van der Waals surface area contributed by atoms with Gasteiger partial charge in [0.05, 0.1) is 12.0 Å². The number of methoxy groups -OCH3 is 1. The zero-order chi connectivity index (χ0) is 11.5. The fourth-order valence-electron chi connectivity index (χ4n) is 1.75. The number of thiol groups is 1. The summed E-state index contributed by atoms with van der Waals surface area (Å²) in [5.41, 5.74) is -0.423. The number of nitrogens with zero attached hydrogens (tertiary/aromatic N) is 2. The van der Waals surface area contributed by atoms with Gasteiger partial charge in [-0.1, -0.05) is 12.8 Å². The number of rotatable bonds is 3. The summed E-state index contributed by atoms with van der Waals surface area (Å²) in [5.74, 6) is 0.172. The maximum Gasteiger partial charge on any atom is 0.230 e. The maximum absolute atomic E-state index is 12.1.